The summed E-state index contributed by atoms with van der Waals surface area (Å²) in [7, 11) is 0. The smallest absolute Gasteiger partial charge is 0.407 e. The molecule has 0 aromatic carbocycles. The number of rotatable bonds is 1. The number of alkyl carbamates (subject to hydrolysis) is 1. The van der Waals surface area contributed by atoms with Gasteiger partial charge in [-0.15, -0.1) is 0 Å². The van der Waals surface area contributed by atoms with E-state index in [1.807, 2.05) is 27.7 Å². The molecule has 1 amide bonds. The highest BCUT2D eigenvalue weighted by molar-refractivity contribution is 5.68. The molecular formula is C11H21NO3. The zero-order valence-electron chi connectivity index (χ0n) is 10.0. The van der Waals surface area contributed by atoms with Crippen LogP contribution in [0.4, 0.5) is 4.79 Å². The Labute approximate surface area is 91.3 Å². The first-order chi connectivity index (χ1) is 6.87. The topological polar surface area (TPSA) is 47.6 Å². The average Bonchev–Trinajstić information content (AvgIpc) is 2.05. The molecule has 0 radical (unpaired) electrons. The van der Waals surface area contributed by atoms with Gasteiger partial charge in [-0.1, -0.05) is 0 Å². The Morgan fingerprint density at radius 1 is 1.40 bits per heavy atom. The third-order valence-electron chi connectivity index (χ3n) is 2.22. The molecule has 1 fully saturated rings. The van der Waals surface area contributed by atoms with E-state index in [9.17, 15) is 4.79 Å². The molecule has 4 heteroatoms. The van der Waals surface area contributed by atoms with Gasteiger partial charge in [0.05, 0.1) is 18.8 Å². The van der Waals surface area contributed by atoms with Crippen molar-refractivity contribution < 1.29 is 14.3 Å². The summed E-state index contributed by atoms with van der Waals surface area (Å²) in [5.41, 5.74) is -0.438. The minimum atomic E-state index is -0.438. The fraction of sp³-hybridized carbons (Fsp3) is 0.909. The van der Waals surface area contributed by atoms with Crippen LogP contribution in [0.3, 0.4) is 0 Å². The molecule has 0 aromatic heterocycles. The molecule has 0 aromatic rings. The van der Waals surface area contributed by atoms with E-state index in [0.29, 0.717) is 12.7 Å². The average molecular weight is 215 g/mol. The van der Waals surface area contributed by atoms with Crippen molar-refractivity contribution >= 4 is 6.09 Å². The second kappa shape index (κ2) is 4.84. The molecule has 1 N–H and O–H groups in total. The first-order valence-corrected chi connectivity index (χ1v) is 5.48. The van der Waals surface area contributed by atoms with Gasteiger partial charge in [0, 0.05) is 0 Å². The van der Waals surface area contributed by atoms with Crippen molar-refractivity contribution in [3.63, 3.8) is 0 Å². The second-order valence-corrected chi connectivity index (χ2v) is 5.06. The maximum Gasteiger partial charge on any atom is 0.407 e. The van der Waals surface area contributed by atoms with Crippen LogP contribution in [-0.2, 0) is 9.47 Å². The molecule has 1 saturated heterocycles. The van der Waals surface area contributed by atoms with Crippen molar-refractivity contribution in [3.05, 3.63) is 0 Å². The third kappa shape index (κ3) is 5.02. The molecule has 0 spiro atoms. The molecule has 0 unspecified atom stereocenters. The summed E-state index contributed by atoms with van der Waals surface area (Å²) in [5, 5.41) is 2.81. The zero-order valence-corrected chi connectivity index (χ0v) is 10.0. The molecule has 2 atom stereocenters. The molecule has 4 nitrogen and oxygen atoms in total. The standard InChI is InChI=1S/C11H21NO3/c1-8-5-6-9(7-14-8)12-10(13)15-11(2,3)4/h8-9H,5-7H2,1-4H3,(H,12,13)/t8-,9+/m1/s1. The van der Waals surface area contributed by atoms with E-state index in [0.717, 1.165) is 12.8 Å². The van der Waals surface area contributed by atoms with Crippen LogP contribution in [0, 0.1) is 0 Å². The van der Waals surface area contributed by atoms with E-state index in [4.69, 9.17) is 9.47 Å². The number of nitrogens with one attached hydrogen (secondary N) is 1. The van der Waals surface area contributed by atoms with Gasteiger partial charge < -0.3 is 14.8 Å². The summed E-state index contributed by atoms with van der Waals surface area (Å²) in [6.07, 6.45) is 1.90. The van der Waals surface area contributed by atoms with Gasteiger partial charge in [0.25, 0.3) is 0 Å². The minimum Gasteiger partial charge on any atom is -0.444 e. The largest absolute Gasteiger partial charge is 0.444 e. The van der Waals surface area contributed by atoms with Crippen LogP contribution >= 0.6 is 0 Å². The van der Waals surface area contributed by atoms with Crippen LogP contribution in [-0.4, -0.2) is 30.4 Å². The summed E-state index contributed by atoms with van der Waals surface area (Å²) in [5.74, 6) is 0. The van der Waals surface area contributed by atoms with E-state index in [2.05, 4.69) is 5.32 Å². The Bertz CT molecular complexity index is 214. The molecule has 88 valence electrons. The second-order valence-electron chi connectivity index (χ2n) is 5.06. The normalized spacial score (nSPS) is 27.2. The SMILES string of the molecule is C[C@@H]1CC[C@H](NC(=O)OC(C)(C)C)CO1. The van der Waals surface area contributed by atoms with E-state index < -0.39 is 5.60 Å². The van der Waals surface area contributed by atoms with E-state index in [1.165, 1.54) is 0 Å². The number of carbonyl (C=O) groups is 1. The molecule has 1 rings (SSSR count). The van der Waals surface area contributed by atoms with Crippen molar-refractivity contribution in [2.45, 2.75) is 58.3 Å². The Balaban J connectivity index is 2.27. The van der Waals surface area contributed by atoms with Crippen molar-refractivity contribution in [1.82, 2.24) is 5.32 Å². The fourth-order valence-electron chi connectivity index (χ4n) is 1.47. The number of hydrogen-bond acceptors (Lipinski definition) is 3. The van der Waals surface area contributed by atoms with E-state index >= 15 is 0 Å². The predicted molar refractivity (Wildman–Crippen MR) is 57.8 cm³/mol. The van der Waals surface area contributed by atoms with Gasteiger partial charge in [-0.05, 0) is 40.5 Å². The van der Waals surface area contributed by atoms with Gasteiger partial charge >= 0.3 is 6.09 Å². The lowest BCUT2D eigenvalue weighted by atomic mass is 10.1. The summed E-state index contributed by atoms with van der Waals surface area (Å²) in [6.45, 7) is 8.19. The highest BCUT2D eigenvalue weighted by atomic mass is 16.6. The number of carbonyl (C=O) groups excluding carboxylic acids is 1. The maximum atomic E-state index is 11.4. The van der Waals surface area contributed by atoms with Gasteiger partial charge in [0.15, 0.2) is 0 Å². The molecule has 0 bridgehead atoms. The first kappa shape index (κ1) is 12.3. The van der Waals surface area contributed by atoms with Crippen LogP contribution in [0.2, 0.25) is 0 Å². The molecule has 0 aliphatic carbocycles. The monoisotopic (exact) mass is 215 g/mol. The Morgan fingerprint density at radius 3 is 2.53 bits per heavy atom. The van der Waals surface area contributed by atoms with Gasteiger partial charge in [0.2, 0.25) is 0 Å². The Hall–Kier alpha value is -0.770. The highest BCUT2D eigenvalue weighted by Crippen LogP contribution is 2.13. The molecular weight excluding hydrogens is 194 g/mol. The van der Waals surface area contributed by atoms with Crippen LogP contribution in [0.1, 0.15) is 40.5 Å². The lowest BCUT2D eigenvalue weighted by Gasteiger charge is -2.28. The van der Waals surface area contributed by atoms with Crippen molar-refractivity contribution in [2.24, 2.45) is 0 Å². The zero-order chi connectivity index (χ0) is 11.5. The van der Waals surface area contributed by atoms with E-state index in [1.54, 1.807) is 0 Å². The summed E-state index contributed by atoms with van der Waals surface area (Å²) < 4.78 is 10.6. The highest BCUT2D eigenvalue weighted by Gasteiger charge is 2.23. The number of amides is 1. The predicted octanol–water partition coefficient (Wildman–Crippen LogP) is 2.08. The van der Waals surface area contributed by atoms with Crippen LogP contribution in [0.15, 0.2) is 0 Å². The van der Waals surface area contributed by atoms with Crippen LogP contribution < -0.4 is 5.32 Å². The summed E-state index contributed by atoms with van der Waals surface area (Å²) in [6, 6.07) is 0.0936. The molecule has 1 heterocycles. The molecule has 1 aliphatic heterocycles. The van der Waals surface area contributed by atoms with Crippen molar-refractivity contribution in [2.75, 3.05) is 6.61 Å². The lowest BCUT2D eigenvalue weighted by Crippen LogP contribution is -2.44. The Kier molecular flexibility index (Phi) is 3.97. The maximum absolute atomic E-state index is 11.4. The summed E-state index contributed by atoms with van der Waals surface area (Å²) >= 11 is 0. The Morgan fingerprint density at radius 2 is 2.07 bits per heavy atom. The minimum absolute atomic E-state index is 0.0936. The molecule has 15 heavy (non-hydrogen) atoms. The fourth-order valence-corrected chi connectivity index (χ4v) is 1.47. The molecule has 0 saturated carbocycles. The number of ether oxygens (including phenoxy) is 2. The van der Waals surface area contributed by atoms with Gasteiger partial charge in [-0.25, -0.2) is 4.79 Å². The van der Waals surface area contributed by atoms with Crippen molar-refractivity contribution in [1.29, 1.82) is 0 Å². The van der Waals surface area contributed by atoms with E-state index in [-0.39, 0.29) is 12.1 Å². The van der Waals surface area contributed by atoms with Gasteiger partial charge in [-0.2, -0.15) is 0 Å². The van der Waals surface area contributed by atoms with Crippen molar-refractivity contribution in [3.8, 4) is 0 Å². The van der Waals surface area contributed by atoms with Gasteiger partial charge in [0.1, 0.15) is 5.60 Å². The lowest BCUT2D eigenvalue weighted by molar-refractivity contribution is 0.00120. The molecule has 1 aliphatic rings. The first-order valence-electron chi connectivity index (χ1n) is 5.48. The summed E-state index contributed by atoms with van der Waals surface area (Å²) in [4.78, 5) is 11.4. The van der Waals surface area contributed by atoms with Crippen LogP contribution in [0.25, 0.3) is 0 Å². The van der Waals surface area contributed by atoms with Gasteiger partial charge in [-0.3, -0.25) is 0 Å². The third-order valence-corrected chi connectivity index (χ3v) is 2.22. The van der Waals surface area contributed by atoms with Crippen LogP contribution in [0.5, 0.6) is 0 Å². The quantitative estimate of drug-likeness (QED) is 0.728. The number of hydrogen-bond donors (Lipinski definition) is 1.